The van der Waals surface area contributed by atoms with Crippen LogP contribution in [0.15, 0.2) is 83.7 Å². The van der Waals surface area contributed by atoms with E-state index >= 15 is 0 Å². The van der Waals surface area contributed by atoms with Gasteiger partial charge in [0.15, 0.2) is 5.75 Å². The fourth-order valence-corrected chi connectivity index (χ4v) is 3.22. The third kappa shape index (κ3) is 3.93. The number of rotatable bonds is 6. The van der Waals surface area contributed by atoms with E-state index in [9.17, 15) is 9.59 Å². The zero-order valence-corrected chi connectivity index (χ0v) is 16.4. The Hall–Kier alpha value is -3.93. The van der Waals surface area contributed by atoms with Gasteiger partial charge in [-0.25, -0.2) is 4.79 Å². The minimum absolute atomic E-state index is 0.0412. The molecule has 6 heteroatoms. The lowest BCUT2D eigenvalue weighted by Gasteiger charge is -2.13. The molecule has 0 saturated carbocycles. The molecule has 0 radical (unpaired) electrons. The number of hydrogen-bond donors (Lipinski definition) is 0. The number of esters is 1. The van der Waals surface area contributed by atoms with E-state index in [1.807, 2.05) is 48.5 Å². The first-order valence-corrected chi connectivity index (χ1v) is 9.63. The topological polar surface area (TPSA) is 70.4 Å². The average Bonchev–Trinajstić information content (AvgIpc) is 2.78. The molecule has 0 spiro atoms. The van der Waals surface area contributed by atoms with Crippen molar-refractivity contribution in [3.63, 3.8) is 0 Å². The number of fused-ring (bicyclic) bond motifs is 1. The largest absolute Gasteiger partial charge is 0.486 e. The zero-order valence-electron chi connectivity index (χ0n) is 16.4. The molecule has 0 N–H and O–H groups in total. The predicted octanol–water partition coefficient (Wildman–Crippen LogP) is 4.14. The summed E-state index contributed by atoms with van der Waals surface area (Å²) < 4.78 is 12.2. The number of ether oxygens (including phenoxy) is 2. The van der Waals surface area contributed by atoms with Gasteiger partial charge in [0.1, 0.15) is 6.61 Å². The van der Waals surface area contributed by atoms with Gasteiger partial charge >= 0.3 is 5.97 Å². The molecule has 150 valence electrons. The first-order chi connectivity index (χ1) is 14.7. The number of hydrogen-bond acceptors (Lipinski definition) is 5. The van der Waals surface area contributed by atoms with Crippen molar-refractivity contribution in [1.82, 2.24) is 9.78 Å². The second-order valence-electron chi connectivity index (χ2n) is 6.59. The fraction of sp³-hybridized carbons (Fsp3) is 0.125. The van der Waals surface area contributed by atoms with Crippen molar-refractivity contribution in [2.75, 3.05) is 6.61 Å². The molecule has 30 heavy (non-hydrogen) atoms. The molecule has 0 fully saturated rings. The number of nitrogens with zero attached hydrogens (tertiary/aromatic N) is 2. The van der Waals surface area contributed by atoms with E-state index in [2.05, 4.69) is 5.10 Å². The number of aromatic nitrogens is 2. The fourth-order valence-electron chi connectivity index (χ4n) is 3.22. The Morgan fingerprint density at radius 3 is 2.50 bits per heavy atom. The molecule has 0 amide bonds. The van der Waals surface area contributed by atoms with Crippen LogP contribution < -0.4 is 10.3 Å². The SMILES string of the molecule is CCOC(=O)c1nn(-c2ccccc2)c(=O)cc1OCc1cccc2ccccc12. The van der Waals surface area contributed by atoms with Crippen molar-refractivity contribution < 1.29 is 14.3 Å². The summed E-state index contributed by atoms with van der Waals surface area (Å²) in [5.41, 5.74) is 1.05. The second kappa shape index (κ2) is 8.61. The van der Waals surface area contributed by atoms with Gasteiger partial charge in [0.05, 0.1) is 18.4 Å². The molecule has 4 aromatic rings. The molecule has 0 saturated heterocycles. The van der Waals surface area contributed by atoms with Crippen LogP contribution >= 0.6 is 0 Å². The maximum absolute atomic E-state index is 12.7. The molecule has 0 aliphatic rings. The van der Waals surface area contributed by atoms with Crippen LogP contribution in [0.2, 0.25) is 0 Å². The summed E-state index contributed by atoms with van der Waals surface area (Å²) in [6.45, 7) is 2.08. The molecule has 0 unspecified atom stereocenters. The van der Waals surface area contributed by atoms with E-state index in [4.69, 9.17) is 9.47 Å². The van der Waals surface area contributed by atoms with Crippen LogP contribution in [-0.2, 0) is 11.3 Å². The third-order valence-electron chi connectivity index (χ3n) is 4.63. The van der Waals surface area contributed by atoms with E-state index in [1.54, 1.807) is 31.2 Å². The molecule has 0 aliphatic carbocycles. The highest BCUT2D eigenvalue weighted by atomic mass is 16.5. The highest BCUT2D eigenvalue weighted by Gasteiger charge is 2.20. The molecule has 4 rings (SSSR count). The Morgan fingerprint density at radius 2 is 1.70 bits per heavy atom. The molecule has 0 aliphatic heterocycles. The van der Waals surface area contributed by atoms with Crippen molar-refractivity contribution in [3.8, 4) is 11.4 Å². The van der Waals surface area contributed by atoms with Gasteiger partial charge in [0, 0.05) is 0 Å². The van der Waals surface area contributed by atoms with Crippen LogP contribution in [0.5, 0.6) is 5.75 Å². The second-order valence-corrected chi connectivity index (χ2v) is 6.59. The minimum Gasteiger partial charge on any atom is -0.486 e. The molecule has 1 heterocycles. The Morgan fingerprint density at radius 1 is 0.967 bits per heavy atom. The van der Waals surface area contributed by atoms with Gasteiger partial charge in [-0.2, -0.15) is 9.78 Å². The van der Waals surface area contributed by atoms with Crippen molar-refractivity contribution in [2.24, 2.45) is 0 Å². The lowest BCUT2D eigenvalue weighted by molar-refractivity contribution is 0.0511. The Kier molecular flexibility index (Phi) is 5.57. The Bertz CT molecular complexity index is 1240. The molecular weight excluding hydrogens is 380 g/mol. The highest BCUT2D eigenvalue weighted by molar-refractivity contribution is 5.90. The van der Waals surface area contributed by atoms with Gasteiger partial charge in [0.25, 0.3) is 5.56 Å². The van der Waals surface area contributed by atoms with Gasteiger partial charge in [-0.15, -0.1) is 0 Å². The van der Waals surface area contributed by atoms with Crippen molar-refractivity contribution in [1.29, 1.82) is 0 Å². The van der Waals surface area contributed by atoms with Crippen molar-refractivity contribution in [3.05, 3.63) is 100 Å². The summed E-state index contributed by atoms with van der Waals surface area (Å²) in [5, 5.41) is 6.37. The monoisotopic (exact) mass is 400 g/mol. The average molecular weight is 400 g/mol. The van der Waals surface area contributed by atoms with Crippen LogP contribution in [0.1, 0.15) is 23.0 Å². The summed E-state index contributed by atoms with van der Waals surface area (Å²) in [5.74, 6) is -0.548. The maximum Gasteiger partial charge on any atom is 0.362 e. The maximum atomic E-state index is 12.7. The van der Waals surface area contributed by atoms with E-state index in [0.717, 1.165) is 21.0 Å². The smallest absolute Gasteiger partial charge is 0.362 e. The molecule has 0 bridgehead atoms. The summed E-state index contributed by atoms with van der Waals surface area (Å²) in [7, 11) is 0. The number of benzene rings is 3. The first-order valence-electron chi connectivity index (χ1n) is 9.63. The summed E-state index contributed by atoms with van der Waals surface area (Å²) in [6, 6.07) is 24.0. The molecule has 3 aromatic carbocycles. The minimum atomic E-state index is -0.643. The van der Waals surface area contributed by atoms with Crippen LogP contribution in [-0.4, -0.2) is 22.4 Å². The Labute approximate surface area is 173 Å². The van der Waals surface area contributed by atoms with Crippen molar-refractivity contribution in [2.45, 2.75) is 13.5 Å². The van der Waals surface area contributed by atoms with E-state index in [1.165, 1.54) is 6.07 Å². The number of carbonyl (C=O) groups is 1. The number of para-hydroxylation sites is 1. The van der Waals surface area contributed by atoms with Crippen LogP contribution in [0.25, 0.3) is 16.5 Å². The van der Waals surface area contributed by atoms with E-state index in [-0.39, 0.29) is 24.7 Å². The highest BCUT2D eigenvalue weighted by Crippen LogP contribution is 2.22. The van der Waals surface area contributed by atoms with Gasteiger partial charge in [-0.05, 0) is 35.4 Å². The standard InChI is InChI=1S/C24H20N2O4/c1-2-29-24(28)23-21(15-22(27)26(25-23)19-12-4-3-5-13-19)30-16-18-11-8-10-17-9-6-7-14-20(17)18/h3-15H,2,16H2,1H3. The quantitative estimate of drug-likeness (QED) is 0.455. The van der Waals surface area contributed by atoms with Crippen molar-refractivity contribution >= 4 is 16.7 Å². The molecular formula is C24H20N2O4. The van der Waals surface area contributed by atoms with Crippen LogP contribution in [0, 0.1) is 0 Å². The first kappa shape index (κ1) is 19.4. The molecule has 1 aromatic heterocycles. The Balaban J connectivity index is 1.72. The molecule has 6 nitrogen and oxygen atoms in total. The summed E-state index contributed by atoms with van der Waals surface area (Å²) >= 11 is 0. The predicted molar refractivity (Wildman–Crippen MR) is 114 cm³/mol. The van der Waals surface area contributed by atoms with E-state index < -0.39 is 11.5 Å². The third-order valence-corrected chi connectivity index (χ3v) is 4.63. The lowest BCUT2D eigenvalue weighted by atomic mass is 10.1. The summed E-state index contributed by atoms with van der Waals surface area (Å²) in [4.78, 5) is 25.2. The lowest BCUT2D eigenvalue weighted by Crippen LogP contribution is -2.25. The van der Waals surface area contributed by atoms with Gasteiger partial charge in [-0.3, -0.25) is 4.79 Å². The summed E-state index contributed by atoms with van der Waals surface area (Å²) in [6.07, 6.45) is 0. The van der Waals surface area contributed by atoms with Gasteiger partial charge in [-0.1, -0.05) is 60.7 Å². The van der Waals surface area contributed by atoms with Gasteiger partial charge < -0.3 is 9.47 Å². The van der Waals surface area contributed by atoms with Gasteiger partial charge in [0.2, 0.25) is 5.69 Å². The normalized spacial score (nSPS) is 10.7. The van der Waals surface area contributed by atoms with Crippen LogP contribution in [0.3, 0.4) is 0 Å². The molecule has 0 atom stereocenters. The van der Waals surface area contributed by atoms with Crippen LogP contribution in [0.4, 0.5) is 0 Å². The number of carbonyl (C=O) groups excluding carboxylic acids is 1. The van der Waals surface area contributed by atoms with E-state index in [0.29, 0.717) is 5.69 Å². The zero-order chi connectivity index (χ0) is 20.9.